The first-order valence-electron chi connectivity index (χ1n) is 7.45. The molecule has 88 valence electrons. The second-order valence-electron chi connectivity index (χ2n) is 7.18. The molecule has 0 radical (unpaired) electrons. The van der Waals surface area contributed by atoms with E-state index in [9.17, 15) is 0 Å². The van der Waals surface area contributed by atoms with Gasteiger partial charge in [0, 0.05) is 0 Å². The average molecular weight is 216 g/mol. The van der Waals surface area contributed by atoms with Gasteiger partial charge in [-0.05, 0) is 86.4 Å². The first-order valence-corrected chi connectivity index (χ1v) is 7.45. The summed E-state index contributed by atoms with van der Waals surface area (Å²) < 4.78 is 0. The first kappa shape index (κ1) is 9.74. The standard InChI is InChI=1S/C16H24/c1-2-14-12-3-4-13(9-12)15(14)16-7-5-11(10-16)6-8-16/h2,11-15H,1,3-10H2. The molecular weight excluding hydrogens is 192 g/mol. The summed E-state index contributed by atoms with van der Waals surface area (Å²) >= 11 is 0. The molecule has 0 heterocycles. The zero-order valence-electron chi connectivity index (χ0n) is 10.3. The molecule has 0 heteroatoms. The molecule has 0 aromatic heterocycles. The van der Waals surface area contributed by atoms with Crippen LogP contribution in [0.4, 0.5) is 0 Å². The van der Waals surface area contributed by atoms with E-state index in [2.05, 4.69) is 12.7 Å². The second-order valence-corrected chi connectivity index (χ2v) is 7.18. The lowest BCUT2D eigenvalue weighted by Crippen LogP contribution is -2.35. The van der Waals surface area contributed by atoms with E-state index in [1.807, 2.05) is 0 Å². The molecule has 0 saturated heterocycles. The molecule has 4 bridgehead atoms. The van der Waals surface area contributed by atoms with Crippen LogP contribution in [0.2, 0.25) is 0 Å². The number of hydrogen-bond acceptors (Lipinski definition) is 0. The lowest BCUT2D eigenvalue weighted by atomic mass is 9.62. The van der Waals surface area contributed by atoms with E-state index in [1.165, 1.54) is 6.42 Å². The van der Waals surface area contributed by atoms with Gasteiger partial charge in [0.15, 0.2) is 0 Å². The highest BCUT2D eigenvalue weighted by Gasteiger charge is 2.58. The van der Waals surface area contributed by atoms with Gasteiger partial charge in [-0.1, -0.05) is 6.08 Å². The van der Waals surface area contributed by atoms with Crippen molar-refractivity contribution in [1.82, 2.24) is 0 Å². The van der Waals surface area contributed by atoms with Crippen LogP contribution < -0.4 is 0 Å². The molecule has 4 saturated carbocycles. The van der Waals surface area contributed by atoms with Crippen LogP contribution in [-0.2, 0) is 0 Å². The molecule has 4 unspecified atom stereocenters. The van der Waals surface area contributed by atoms with E-state index in [4.69, 9.17) is 0 Å². The molecule has 0 aliphatic heterocycles. The van der Waals surface area contributed by atoms with Crippen LogP contribution in [0.25, 0.3) is 0 Å². The summed E-state index contributed by atoms with van der Waals surface area (Å²) in [5, 5.41) is 0. The Morgan fingerprint density at radius 3 is 2.38 bits per heavy atom. The summed E-state index contributed by atoms with van der Waals surface area (Å²) in [6.45, 7) is 4.16. The predicted octanol–water partition coefficient (Wildman–Crippen LogP) is 4.42. The summed E-state index contributed by atoms with van der Waals surface area (Å²) in [5.74, 6) is 5.18. The van der Waals surface area contributed by atoms with E-state index >= 15 is 0 Å². The third-order valence-corrected chi connectivity index (χ3v) is 6.76. The van der Waals surface area contributed by atoms with E-state index in [-0.39, 0.29) is 0 Å². The van der Waals surface area contributed by atoms with Crippen molar-refractivity contribution in [3.63, 3.8) is 0 Å². The fourth-order valence-electron chi connectivity index (χ4n) is 6.29. The van der Waals surface area contributed by atoms with Crippen molar-refractivity contribution in [2.75, 3.05) is 0 Å². The quantitative estimate of drug-likeness (QED) is 0.600. The van der Waals surface area contributed by atoms with Crippen LogP contribution in [0.5, 0.6) is 0 Å². The van der Waals surface area contributed by atoms with Crippen molar-refractivity contribution in [2.24, 2.45) is 35.0 Å². The first-order chi connectivity index (χ1) is 7.82. The van der Waals surface area contributed by atoms with Gasteiger partial charge in [0.2, 0.25) is 0 Å². The fourth-order valence-corrected chi connectivity index (χ4v) is 6.29. The molecule has 0 spiro atoms. The molecule has 0 aromatic carbocycles. The van der Waals surface area contributed by atoms with Gasteiger partial charge in [-0.2, -0.15) is 0 Å². The Labute approximate surface area is 99.5 Å². The van der Waals surface area contributed by atoms with Crippen molar-refractivity contribution < 1.29 is 0 Å². The largest absolute Gasteiger partial charge is 0.103 e. The van der Waals surface area contributed by atoms with E-state index in [1.54, 1.807) is 44.9 Å². The van der Waals surface area contributed by atoms with Gasteiger partial charge in [-0.15, -0.1) is 6.58 Å². The summed E-state index contributed by atoms with van der Waals surface area (Å²) in [4.78, 5) is 0. The second kappa shape index (κ2) is 3.15. The van der Waals surface area contributed by atoms with Gasteiger partial charge in [-0.25, -0.2) is 0 Å². The topological polar surface area (TPSA) is 0 Å². The minimum atomic E-state index is 0.795. The smallest absolute Gasteiger partial charge is 0.0171 e. The molecule has 4 rings (SSSR count). The molecule has 4 atom stereocenters. The molecule has 0 amide bonds. The van der Waals surface area contributed by atoms with Crippen LogP contribution in [0.15, 0.2) is 12.7 Å². The fraction of sp³-hybridized carbons (Fsp3) is 0.875. The number of allylic oxidation sites excluding steroid dienone is 1. The molecule has 0 nitrogen and oxygen atoms in total. The molecule has 0 aromatic rings. The lowest BCUT2D eigenvalue weighted by Gasteiger charge is -2.42. The van der Waals surface area contributed by atoms with Crippen molar-refractivity contribution in [2.45, 2.75) is 51.4 Å². The third-order valence-electron chi connectivity index (χ3n) is 6.76. The molecule has 4 aliphatic rings. The van der Waals surface area contributed by atoms with Gasteiger partial charge in [-0.3, -0.25) is 0 Å². The van der Waals surface area contributed by atoms with Crippen LogP contribution in [-0.4, -0.2) is 0 Å². The third kappa shape index (κ3) is 1.07. The average Bonchev–Trinajstić information content (AvgIpc) is 3.06. The van der Waals surface area contributed by atoms with Gasteiger partial charge in [0.05, 0.1) is 0 Å². The Kier molecular flexibility index (Phi) is 1.91. The van der Waals surface area contributed by atoms with Gasteiger partial charge < -0.3 is 0 Å². The summed E-state index contributed by atoms with van der Waals surface area (Å²) in [7, 11) is 0. The predicted molar refractivity (Wildman–Crippen MR) is 67.0 cm³/mol. The Balaban J connectivity index is 1.69. The maximum Gasteiger partial charge on any atom is -0.0171 e. The Bertz CT molecular complexity index is 308. The van der Waals surface area contributed by atoms with Crippen LogP contribution in [0.1, 0.15) is 51.4 Å². The van der Waals surface area contributed by atoms with Crippen molar-refractivity contribution in [3.8, 4) is 0 Å². The zero-order valence-corrected chi connectivity index (χ0v) is 10.3. The Hall–Kier alpha value is -0.260. The van der Waals surface area contributed by atoms with E-state index in [0.717, 1.165) is 35.0 Å². The molecule has 0 N–H and O–H groups in total. The number of hydrogen-bond donors (Lipinski definition) is 0. The normalized spacial score (nSPS) is 58.4. The molecular formula is C16H24. The van der Waals surface area contributed by atoms with Crippen molar-refractivity contribution >= 4 is 0 Å². The lowest BCUT2D eigenvalue weighted by molar-refractivity contribution is 0.0781. The SMILES string of the molecule is C=CC1C2CCC(C2)C1C12CCC(CC1)C2. The van der Waals surface area contributed by atoms with Gasteiger partial charge in [0.25, 0.3) is 0 Å². The zero-order chi connectivity index (χ0) is 10.8. The number of fused-ring (bicyclic) bond motifs is 4. The molecule has 4 aliphatic carbocycles. The van der Waals surface area contributed by atoms with Crippen molar-refractivity contribution in [3.05, 3.63) is 12.7 Å². The highest BCUT2D eigenvalue weighted by Crippen LogP contribution is 2.67. The van der Waals surface area contributed by atoms with Crippen LogP contribution >= 0.6 is 0 Å². The maximum absolute atomic E-state index is 4.16. The Morgan fingerprint density at radius 2 is 1.75 bits per heavy atom. The molecule has 4 fully saturated rings. The van der Waals surface area contributed by atoms with Crippen molar-refractivity contribution in [1.29, 1.82) is 0 Å². The maximum atomic E-state index is 4.16. The van der Waals surface area contributed by atoms with Crippen LogP contribution in [0, 0.1) is 35.0 Å². The summed E-state index contributed by atoms with van der Waals surface area (Å²) in [6, 6.07) is 0. The van der Waals surface area contributed by atoms with E-state index in [0.29, 0.717) is 0 Å². The minimum absolute atomic E-state index is 0.795. The summed E-state index contributed by atoms with van der Waals surface area (Å²) in [6.07, 6.45) is 14.8. The van der Waals surface area contributed by atoms with Gasteiger partial charge in [0.1, 0.15) is 0 Å². The van der Waals surface area contributed by atoms with Crippen LogP contribution in [0.3, 0.4) is 0 Å². The highest BCUT2D eigenvalue weighted by atomic mass is 14.6. The highest BCUT2D eigenvalue weighted by molar-refractivity contribution is 5.12. The summed E-state index contributed by atoms with van der Waals surface area (Å²) in [5.41, 5.74) is 0.795. The van der Waals surface area contributed by atoms with E-state index < -0.39 is 0 Å². The minimum Gasteiger partial charge on any atom is -0.103 e. The molecule has 16 heavy (non-hydrogen) atoms. The monoisotopic (exact) mass is 216 g/mol. The van der Waals surface area contributed by atoms with Gasteiger partial charge >= 0.3 is 0 Å². The Morgan fingerprint density at radius 1 is 1.00 bits per heavy atom. The number of rotatable bonds is 2.